The molecule has 0 fully saturated rings. The van der Waals surface area contributed by atoms with E-state index in [2.05, 4.69) is 24.7 Å². The van der Waals surface area contributed by atoms with E-state index >= 15 is 0 Å². The number of hydrogen-bond acceptors (Lipinski definition) is 3. The Morgan fingerprint density at radius 3 is 2.36 bits per heavy atom. The van der Waals surface area contributed by atoms with E-state index in [-0.39, 0.29) is 5.66 Å². The molecular weight excluding hydrogens is 138 g/mol. The summed E-state index contributed by atoms with van der Waals surface area (Å²) in [5, 5.41) is 0. The van der Waals surface area contributed by atoms with Gasteiger partial charge in [0.05, 0.1) is 5.66 Å². The van der Waals surface area contributed by atoms with Gasteiger partial charge in [0.1, 0.15) is 0 Å². The summed E-state index contributed by atoms with van der Waals surface area (Å²) in [6.45, 7) is 9.26. The number of nitrogens with two attached hydrogens (primary N) is 1. The molecule has 68 valence electrons. The minimum atomic E-state index is -0.288. The Bertz CT molecular complexity index is 99.5. The molecule has 0 aliphatic carbocycles. The van der Waals surface area contributed by atoms with Crippen LogP contribution in [0, 0.1) is 5.92 Å². The predicted molar refractivity (Wildman–Crippen MR) is 48.9 cm³/mol. The first-order chi connectivity index (χ1) is 4.98. The smallest absolute Gasteiger partial charge is 0.0766 e. The molecule has 3 heteroatoms. The predicted octanol–water partition coefficient (Wildman–Crippen LogP) is 0.821. The van der Waals surface area contributed by atoms with Crippen molar-refractivity contribution in [2.75, 3.05) is 6.54 Å². The van der Waals surface area contributed by atoms with E-state index in [0.717, 1.165) is 13.0 Å². The van der Waals surface area contributed by atoms with Gasteiger partial charge in [-0.1, -0.05) is 20.8 Å². The standard InChI is InChI=1S/C8H21N3/c1-5-10-11-8(4,9)6-7(2)3/h7,10-11H,5-6,9H2,1-4H3. The second-order valence-corrected chi connectivity index (χ2v) is 3.67. The fourth-order valence-corrected chi connectivity index (χ4v) is 1.19. The fourth-order valence-electron chi connectivity index (χ4n) is 1.19. The summed E-state index contributed by atoms with van der Waals surface area (Å²) in [6.07, 6.45) is 0.972. The summed E-state index contributed by atoms with van der Waals surface area (Å²) < 4.78 is 0. The van der Waals surface area contributed by atoms with Crippen molar-refractivity contribution in [3.63, 3.8) is 0 Å². The molecule has 0 aromatic rings. The highest BCUT2D eigenvalue weighted by Gasteiger charge is 2.17. The number of hydrazine groups is 1. The molecule has 3 nitrogen and oxygen atoms in total. The Morgan fingerprint density at radius 1 is 1.45 bits per heavy atom. The van der Waals surface area contributed by atoms with Crippen molar-refractivity contribution in [3.05, 3.63) is 0 Å². The molecule has 0 aromatic carbocycles. The topological polar surface area (TPSA) is 50.1 Å². The summed E-state index contributed by atoms with van der Waals surface area (Å²) in [5.74, 6) is 0.621. The summed E-state index contributed by atoms with van der Waals surface area (Å²) in [4.78, 5) is 0. The number of hydrogen-bond donors (Lipinski definition) is 3. The third-order valence-electron chi connectivity index (χ3n) is 1.38. The van der Waals surface area contributed by atoms with Gasteiger partial charge in [-0.3, -0.25) is 5.43 Å². The van der Waals surface area contributed by atoms with Gasteiger partial charge in [-0.2, -0.15) is 0 Å². The van der Waals surface area contributed by atoms with Gasteiger partial charge in [0.15, 0.2) is 0 Å². The molecule has 0 aromatic heterocycles. The van der Waals surface area contributed by atoms with E-state index in [0.29, 0.717) is 5.92 Å². The molecule has 0 aliphatic rings. The molecule has 0 rings (SSSR count). The minimum absolute atomic E-state index is 0.288. The highest BCUT2D eigenvalue weighted by Crippen LogP contribution is 2.08. The monoisotopic (exact) mass is 159 g/mol. The SMILES string of the molecule is CCNNC(C)(N)CC(C)C. The first-order valence-corrected chi connectivity index (χ1v) is 4.27. The van der Waals surface area contributed by atoms with Gasteiger partial charge >= 0.3 is 0 Å². The summed E-state index contributed by atoms with van der Waals surface area (Å²) in [7, 11) is 0. The average molecular weight is 159 g/mol. The molecule has 1 atom stereocenters. The minimum Gasteiger partial charge on any atom is -0.313 e. The quantitative estimate of drug-likeness (QED) is 0.411. The van der Waals surface area contributed by atoms with Gasteiger partial charge < -0.3 is 5.73 Å². The zero-order valence-electron chi connectivity index (χ0n) is 8.07. The van der Waals surface area contributed by atoms with Crippen molar-refractivity contribution in [1.29, 1.82) is 0 Å². The van der Waals surface area contributed by atoms with Crippen LogP contribution in [-0.2, 0) is 0 Å². The van der Waals surface area contributed by atoms with Crippen molar-refractivity contribution in [2.45, 2.75) is 39.8 Å². The lowest BCUT2D eigenvalue weighted by molar-refractivity contribution is 0.266. The molecule has 0 saturated carbocycles. The van der Waals surface area contributed by atoms with Crippen LogP contribution in [-0.4, -0.2) is 12.2 Å². The van der Waals surface area contributed by atoms with Crippen molar-refractivity contribution < 1.29 is 0 Å². The summed E-state index contributed by atoms with van der Waals surface area (Å²) in [5.41, 5.74) is 11.7. The van der Waals surface area contributed by atoms with Crippen LogP contribution in [0.3, 0.4) is 0 Å². The van der Waals surface area contributed by atoms with Gasteiger partial charge in [0.2, 0.25) is 0 Å². The second-order valence-electron chi connectivity index (χ2n) is 3.67. The summed E-state index contributed by atoms with van der Waals surface area (Å²) in [6, 6.07) is 0. The highest BCUT2D eigenvalue weighted by molar-refractivity contribution is 4.74. The van der Waals surface area contributed by atoms with Crippen LogP contribution in [0.15, 0.2) is 0 Å². The molecule has 0 bridgehead atoms. The lowest BCUT2D eigenvalue weighted by Gasteiger charge is -2.28. The Morgan fingerprint density at radius 2 is 2.00 bits per heavy atom. The van der Waals surface area contributed by atoms with Gasteiger partial charge in [-0.15, -0.1) is 0 Å². The maximum atomic E-state index is 5.93. The molecule has 1 unspecified atom stereocenters. The zero-order chi connectivity index (χ0) is 8.91. The first-order valence-electron chi connectivity index (χ1n) is 4.27. The fraction of sp³-hybridized carbons (Fsp3) is 1.00. The van der Waals surface area contributed by atoms with E-state index in [9.17, 15) is 0 Å². The van der Waals surface area contributed by atoms with Gasteiger partial charge in [0.25, 0.3) is 0 Å². The zero-order valence-corrected chi connectivity index (χ0v) is 8.07. The lowest BCUT2D eigenvalue weighted by Crippen LogP contribution is -2.57. The molecule has 0 heterocycles. The maximum Gasteiger partial charge on any atom is 0.0766 e. The molecule has 11 heavy (non-hydrogen) atoms. The Labute approximate surface area is 69.7 Å². The lowest BCUT2D eigenvalue weighted by atomic mass is 10.0. The van der Waals surface area contributed by atoms with E-state index in [1.54, 1.807) is 0 Å². The van der Waals surface area contributed by atoms with E-state index in [1.165, 1.54) is 0 Å². The first kappa shape index (κ1) is 10.9. The van der Waals surface area contributed by atoms with Crippen molar-refractivity contribution in [1.82, 2.24) is 10.9 Å². The van der Waals surface area contributed by atoms with Crippen molar-refractivity contribution in [3.8, 4) is 0 Å². The van der Waals surface area contributed by atoms with Gasteiger partial charge in [0, 0.05) is 6.54 Å². The van der Waals surface area contributed by atoms with Crippen LogP contribution < -0.4 is 16.6 Å². The van der Waals surface area contributed by atoms with Crippen LogP contribution >= 0.6 is 0 Å². The third kappa shape index (κ3) is 6.28. The maximum absolute atomic E-state index is 5.93. The van der Waals surface area contributed by atoms with Crippen molar-refractivity contribution in [2.24, 2.45) is 11.7 Å². The second kappa shape index (κ2) is 4.70. The molecule has 0 saturated heterocycles. The van der Waals surface area contributed by atoms with Crippen LogP contribution in [0.25, 0.3) is 0 Å². The van der Waals surface area contributed by atoms with E-state index in [1.807, 2.05) is 13.8 Å². The van der Waals surface area contributed by atoms with Crippen LogP contribution in [0.5, 0.6) is 0 Å². The van der Waals surface area contributed by atoms with Gasteiger partial charge in [-0.05, 0) is 19.3 Å². The molecule has 0 aliphatic heterocycles. The van der Waals surface area contributed by atoms with Crippen LogP contribution in [0.2, 0.25) is 0 Å². The summed E-state index contributed by atoms with van der Waals surface area (Å²) >= 11 is 0. The average Bonchev–Trinajstić information content (AvgIpc) is 1.81. The molecule has 0 radical (unpaired) electrons. The normalized spacial score (nSPS) is 16.9. The Kier molecular flexibility index (Phi) is 4.65. The van der Waals surface area contributed by atoms with Crippen LogP contribution in [0.4, 0.5) is 0 Å². The van der Waals surface area contributed by atoms with E-state index < -0.39 is 0 Å². The highest BCUT2D eigenvalue weighted by atomic mass is 15.4. The Hall–Kier alpha value is -0.120. The molecule has 4 N–H and O–H groups in total. The van der Waals surface area contributed by atoms with Crippen LogP contribution in [0.1, 0.15) is 34.1 Å². The number of rotatable bonds is 5. The number of nitrogens with one attached hydrogen (secondary N) is 2. The van der Waals surface area contributed by atoms with Crippen molar-refractivity contribution >= 4 is 0 Å². The van der Waals surface area contributed by atoms with E-state index in [4.69, 9.17) is 5.73 Å². The largest absolute Gasteiger partial charge is 0.313 e. The Balaban J connectivity index is 3.61. The van der Waals surface area contributed by atoms with Gasteiger partial charge in [-0.25, -0.2) is 5.43 Å². The molecule has 0 amide bonds. The third-order valence-corrected chi connectivity index (χ3v) is 1.38. The molecule has 0 spiro atoms. The molecular formula is C8H21N3.